The van der Waals surface area contributed by atoms with Crippen LogP contribution in [0.15, 0.2) is 59.5 Å². The summed E-state index contributed by atoms with van der Waals surface area (Å²) in [6.07, 6.45) is 0. The van der Waals surface area contributed by atoms with Gasteiger partial charge in [0.1, 0.15) is 18.2 Å². The normalized spacial score (nSPS) is 14.3. The standard InChI is InChI=1S/C19H17FN2O3S/c20-17-6-8-19(16-4-2-1-3-15(16)17)26(23,24)22-14-5-7-18-13(11-14)12-21-9-10-25-18/h1-8,11,21-22H,9-10,12H2. The lowest BCUT2D eigenvalue weighted by molar-refractivity contribution is 0.326. The lowest BCUT2D eigenvalue weighted by Crippen LogP contribution is -2.16. The van der Waals surface area contributed by atoms with Gasteiger partial charge in [0.25, 0.3) is 10.0 Å². The Labute approximate surface area is 150 Å². The molecular formula is C19H17FN2O3S. The van der Waals surface area contributed by atoms with Crippen LogP contribution in [0.4, 0.5) is 10.1 Å². The van der Waals surface area contributed by atoms with E-state index in [9.17, 15) is 12.8 Å². The maximum Gasteiger partial charge on any atom is 0.262 e. The number of sulfonamides is 1. The quantitative estimate of drug-likeness (QED) is 0.741. The summed E-state index contributed by atoms with van der Waals surface area (Å²) >= 11 is 0. The van der Waals surface area contributed by atoms with Gasteiger partial charge in [-0.1, -0.05) is 24.3 Å². The Morgan fingerprint density at radius 3 is 2.69 bits per heavy atom. The molecule has 0 saturated heterocycles. The molecule has 0 spiro atoms. The van der Waals surface area contributed by atoms with Crippen LogP contribution in [-0.4, -0.2) is 21.6 Å². The lowest BCUT2D eigenvalue weighted by atomic mass is 10.1. The summed E-state index contributed by atoms with van der Waals surface area (Å²) in [5, 5.41) is 3.83. The molecule has 26 heavy (non-hydrogen) atoms. The molecule has 5 nitrogen and oxygen atoms in total. The molecule has 4 rings (SSSR count). The molecule has 0 bridgehead atoms. The fourth-order valence-electron chi connectivity index (χ4n) is 3.06. The van der Waals surface area contributed by atoms with Crippen molar-refractivity contribution in [1.82, 2.24) is 5.32 Å². The van der Waals surface area contributed by atoms with E-state index in [0.717, 1.165) is 17.9 Å². The second kappa shape index (κ2) is 6.59. The molecule has 1 heterocycles. The van der Waals surface area contributed by atoms with Gasteiger partial charge in [-0.05, 0) is 30.3 Å². The SMILES string of the molecule is O=S(=O)(Nc1ccc2c(c1)CNCCO2)c1ccc(F)c2ccccc12. The van der Waals surface area contributed by atoms with Gasteiger partial charge in [-0.25, -0.2) is 12.8 Å². The molecule has 0 atom stereocenters. The number of ether oxygens (including phenoxy) is 1. The van der Waals surface area contributed by atoms with Crippen molar-refractivity contribution in [3.8, 4) is 5.75 Å². The van der Waals surface area contributed by atoms with E-state index in [2.05, 4.69) is 10.0 Å². The minimum Gasteiger partial charge on any atom is -0.492 e. The van der Waals surface area contributed by atoms with Crippen LogP contribution in [0.3, 0.4) is 0 Å². The monoisotopic (exact) mass is 372 g/mol. The van der Waals surface area contributed by atoms with E-state index in [-0.39, 0.29) is 10.3 Å². The van der Waals surface area contributed by atoms with Crippen LogP contribution in [0.25, 0.3) is 10.8 Å². The first-order valence-corrected chi connectivity index (χ1v) is 9.69. The van der Waals surface area contributed by atoms with E-state index in [1.165, 1.54) is 12.1 Å². The Bertz CT molecular complexity index is 1080. The molecule has 3 aromatic carbocycles. The van der Waals surface area contributed by atoms with E-state index < -0.39 is 15.8 Å². The zero-order valence-corrected chi connectivity index (χ0v) is 14.6. The van der Waals surface area contributed by atoms with Crippen LogP contribution in [0, 0.1) is 5.82 Å². The highest BCUT2D eigenvalue weighted by molar-refractivity contribution is 7.93. The Hall–Kier alpha value is -2.64. The second-order valence-corrected chi connectivity index (χ2v) is 7.70. The smallest absolute Gasteiger partial charge is 0.262 e. The minimum atomic E-state index is -3.87. The molecular weight excluding hydrogens is 355 g/mol. The van der Waals surface area contributed by atoms with Crippen molar-refractivity contribution < 1.29 is 17.5 Å². The van der Waals surface area contributed by atoms with Gasteiger partial charge in [0.15, 0.2) is 0 Å². The molecule has 0 fully saturated rings. The molecule has 0 aliphatic carbocycles. The van der Waals surface area contributed by atoms with E-state index >= 15 is 0 Å². The van der Waals surface area contributed by atoms with Crippen molar-refractivity contribution in [2.75, 3.05) is 17.9 Å². The van der Waals surface area contributed by atoms with Crippen LogP contribution < -0.4 is 14.8 Å². The number of anilines is 1. The fourth-order valence-corrected chi connectivity index (χ4v) is 4.32. The number of halogens is 1. The highest BCUT2D eigenvalue weighted by atomic mass is 32.2. The van der Waals surface area contributed by atoms with Gasteiger partial charge >= 0.3 is 0 Å². The van der Waals surface area contributed by atoms with Gasteiger partial charge in [-0.15, -0.1) is 0 Å². The molecule has 1 aliphatic rings. The van der Waals surface area contributed by atoms with Crippen molar-refractivity contribution in [2.45, 2.75) is 11.4 Å². The summed E-state index contributed by atoms with van der Waals surface area (Å²) in [7, 11) is -3.87. The van der Waals surface area contributed by atoms with Crippen molar-refractivity contribution in [3.05, 3.63) is 66.0 Å². The first-order chi connectivity index (χ1) is 12.5. The number of rotatable bonds is 3. The number of nitrogens with one attached hydrogen (secondary N) is 2. The minimum absolute atomic E-state index is 0.0406. The maximum absolute atomic E-state index is 14.0. The first-order valence-electron chi connectivity index (χ1n) is 8.21. The molecule has 1 aliphatic heterocycles. The molecule has 0 aromatic heterocycles. The van der Waals surface area contributed by atoms with Crippen LogP contribution in [-0.2, 0) is 16.6 Å². The third-order valence-corrected chi connectivity index (χ3v) is 5.72. The number of fused-ring (bicyclic) bond motifs is 2. The van der Waals surface area contributed by atoms with Crippen LogP contribution >= 0.6 is 0 Å². The Kier molecular flexibility index (Phi) is 4.26. The average Bonchev–Trinajstić information content (AvgIpc) is 2.86. The van der Waals surface area contributed by atoms with E-state index in [4.69, 9.17) is 4.74 Å². The molecule has 0 unspecified atom stereocenters. The van der Waals surface area contributed by atoms with Gasteiger partial charge < -0.3 is 10.1 Å². The Morgan fingerprint density at radius 1 is 1.04 bits per heavy atom. The largest absolute Gasteiger partial charge is 0.492 e. The van der Waals surface area contributed by atoms with E-state index in [0.29, 0.717) is 24.2 Å². The topological polar surface area (TPSA) is 67.4 Å². The molecule has 2 N–H and O–H groups in total. The molecule has 7 heteroatoms. The van der Waals surface area contributed by atoms with Crippen LogP contribution in [0.1, 0.15) is 5.56 Å². The third kappa shape index (κ3) is 3.11. The predicted molar refractivity (Wildman–Crippen MR) is 98.4 cm³/mol. The van der Waals surface area contributed by atoms with Crippen molar-refractivity contribution in [1.29, 1.82) is 0 Å². The van der Waals surface area contributed by atoms with Crippen LogP contribution in [0.2, 0.25) is 0 Å². The fraction of sp³-hybridized carbons (Fsp3) is 0.158. The summed E-state index contributed by atoms with van der Waals surface area (Å²) < 4.78 is 47.9. The molecule has 134 valence electrons. The van der Waals surface area contributed by atoms with Gasteiger partial charge in [0.2, 0.25) is 0 Å². The van der Waals surface area contributed by atoms with E-state index in [1.807, 2.05) is 0 Å². The number of benzene rings is 3. The highest BCUT2D eigenvalue weighted by Gasteiger charge is 2.20. The average molecular weight is 372 g/mol. The predicted octanol–water partition coefficient (Wildman–Crippen LogP) is 3.26. The zero-order chi connectivity index (χ0) is 18.1. The summed E-state index contributed by atoms with van der Waals surface area (Å²) in [6, 6.07) is 14.1. The van der Waals surface area contributed by atoms with Gasteiger partial charge in [0.05, 0.1) is 4.90 Å². The second-order valence-electron chi connectivity index (χ2n) is 6.04. The van der Waals surface area contributed by atoms with Crippen LogP contribution in [0.5, 0.6) is 5.75 Å². The van der Waals surface area contributed by atoms with Gasteiger partial charge in [-0.2, -0.15) is 0 Å². The highest BCUT2D eigenvalue weighted by Crippen LogP contribution is 2.29. The van der Waals surface area contributed by atoms with Crippen molar-refractivity contribution >= 4 is 26.5 Å². The zero-order valence-electron chi connectivity index (χ0n) is 13.8. The Morgan fingerprint density at radius 2 is 1.85 bits per heavy atom. The van der Waals surface area contributed by atoms with E-state index in [1.54, 1.807) is 42.5 Å². The third-order valence-electron chi connectivity index (χ3n) is 4.28. The summed E-state index contributed by atoms with van der Waals surface area (Å²) in [5.74, 6) is 0.290. The summed E-state index contributed by atoms with van der Waals surface area (Å²) in [4.78, 5) is 0.0406. The van der Waals surface area contributed by atoms with Crippen molar-refractivity contribution in [2.24, 2.45) is 0 Å². The lowest BCUT2D eigenvalue weighted by Gasteiger charge is -2.13. The number of hydrogen-bond donors (Lipinski definition) is 2. The summed E-state index contributed by atoms with van der Waals surface area (Å²) in [5.41, 5.74) is 1.32. The molecule has 3 aromatic rings. The number of hydrogen-bond acceptors (Lipinski definition) is 4. The maximum atomic E-state index is 14.0. The first kappa shape index (κ1) is 16.8. The molecule has 0 saturated carbocycles. The van der Waals surface area contributed by atoms with Gasteiger partial charge in [-0.3, -0.25) is 4.72 Å². The summed E-state index contributed by atoms with van der Waals surface area (Å²) in [6.45, 7) is 1.90. The molecule has 0 amide bonds. The Balaban J connectivity index is 1.73. The van der Waals surface area contributed by atoms with Gasteiger partial charge in [0, 0.05) is 35.1 Å². The molecule has 0 radical (unpaired) electrons. The van der Waals surface area contributed by atoms with Crippen molar-refractivity contribution in [3.63, 3.8) is 0 Å².